The minimum atomic E-state index is -0.714. The summed E-state index contributed by atoms with van der Waals surface area (Å²) in [6.45, 7) is 2.22. The minimum absolute atomic E-state index is 0.201. The van der Waals surface area contributed by atoms with Gasteiger partial charge in [-0.3, -0.25) is 19.0 Å². The number of benzene rings is 3. The van der Waals surface area contributed by atoms with E-state index < -0.39 is 6.10 Å². The number of rotatable bonds is 8. The van der Waals surface area contributed by atoms with Gasteiger partial charge in [0.15, 0.2) is 17.6 Å². The normalized spacial score (nSPS) is 12.5. The van der Waals surface area contributed by atoms with Gasteiger partial charge in [-0.2, -0.15) is 0 Å². The first-order valence-electron chi connectivity index (χ1n) is 13.7. The average molecular weight is 561 g/mol. The molecule has 0 aliphatic rings. The lowest BCUT2D eigenvalue weighted by Crippen LogP contribution is -2.37. The van der Waals surface area contributed by atoms with Crippen molar-refractivity contribution in [2.24, 2.45) is 0 Å². The van der Waals surface area contributed by atoms with Gasteiger partial charge in [-0.15, -0.1) is 0 Å². The Bertz CT molecular complexity index is 2200. The van der Waals surface area contributed by atoms with E-state index in [0.29, 0.717) is 52.0 Å². The van der Waals surface area contributed by atoms with Crippen LogP contribution in [-0.4, -0.2) is 47.1 Å². The van der Waals surface area contributed by atoms with Crippen LogP contribution in [0.5, 0.6) is 17.2 Å². The summed E-state index contributed by atoms with van der Waals surface area (Å²) >= 11 is 0. The SMILES string of the molecule is COc1ccc2c(c1OC)c(=O)n1c3ccc(OC(C)C(=O)NCCc4c[nH]c5ccccc45)cc3c3ccnc2c31. The molecule has 3 aromatic carbocycles. The van der Waals surface area contributed by atoms with Gasteiger partial charge in [0.1, 0.15) is 5.75 Å². The summed E-state index contributed by atoms with van der Waals surface area (Å²) in [5, 5.41) is 6.92. The molecule has 0 saturated heterocycles. The standard InChI is InChI=1S/C33H28N4O5/c1-18(32(38)35-14-12-19-17-36-25-7-5-4-6-21(19)25)42-20-8-10-26-24(16-20)22-13-15-34-29-23-9-11-27(40-2)31(41-3)28(23)33(39)37(26)30(22)29/h4-11,13,15-18,36H,12,14H2,1-3H3,(H,35,38). The molecular formula is C33H28N4O5. The van der Waals surface area contributed by atoms with E-state index >= 15 is 0 Å². The van der Waals surface area contributed by atoms with Gasteiger partial charge in [-0.05, 0) is 61.4 Å². The number of nitrogens with one attached hydrogen (secondary N) is 2. The molecule has 210 valence electrons. The van der Waals surface area contributed by atoms with E-state index in [1.54, 1.807) is 36.8 Å². The van der Waals surface area contributed by atoms with Crippen molar-refractivity contribution in [3.8, 4) is 17.2 Å². The molecule has 9 nitrogen and oxygen atoms in total. The molecule has 1 unspecified atom stereocenters. The molecule has 0 aliphatic heterocycles. The summed E-state index contributed by atoms with van der Waals surface area (Å²) in [5.41, 5.74) is 4.12. The molecule has 4 heterocycles. The van der Waals surface area contributed by atoms with Crippen molar-refractivity contribution in [3.05, 3.63) is 89.0 Å². The second-order valence-corrected chi connectivity index (χ2v) is 10.3. The van der Waals surface area contributed by atoms with Gasteiger partial charge in [0.2, 0.25) is 0 Å². The van der Waals surface area contributed by atoms with Crippen molar-refractivity contribution in [1.82, 2.24) is 19.7 Å². The Morgan fingerprint density at radius 2 is 1.86 bits per heavy atom. The number of methoxy groups -OCH3 is 2. The summed E-state index contributed by atoms with van der Waals surface area (Å²) in [6, 6.07) is 19.1. The van der Waals surface area contributed by atoms with Gasteiger partial charge in [0.05, 0.1) is 36.2 Å². The molecule has 1 atom stereocenters. The van der Waals surface area contributed by atoms with Crippen LogP contribution < -0.4 is 25.1 Å². The maximum absolute atomic E-state index is 13.9. The van der Waals surface area contributed by atoms with Crippen molar-refractivity contribution < 1.29 is 19.0 Å². The van der Waals surface area contributed by atoms with Crippen LogP contribution in [0.1, 0.15) is 12.5 Å². The van der Waals surface area contributed by atoms with Gasteiger partial charge >= 0.3 is 0 Å². The van der Waals surface area contributed by atoms with Gasteiger partial charge in [-0.25, -0.2) is 0 Å². The number of hydrogen-bond acceptors (Lipinski definition) is 6. The molecule has 0 aliphatic carbocycles. The number of hydrogen-bond donors (Lipinski definition) is 2. The van der Waals surface area contributed by atoms with Crippen molar-refractivity contribution in [2.45, 2.75) is 19.4 Å². The maximum atomic E-state index is 13.9. The number of carbonyl (C=O) groups excluding carboxylic acids is 1. The van der Waals surface area contributed by atoms with E-state index in [1.807, 2.05) is 48.7 Å². The van der Waals surface area contributed by atoms with E-state index in [0.717, 1.165) is 32.8 Å². The molecule has 42 heavy (non-hydrogen) atoms. The van der Waals surface area contributed by atoms with Crippen LogP contribution in [0.4, 0.5) is 0 Å². The summed E-state index contributed by atoms with van der Waals surface area (Å²) in [4.78, 5) is 34.7. The molecule has 2 N–H and O–H groups in total. The van der Waals surface area contributed by atoms with Crippen molar-refractivity contribution >= 4 is 54.9 Å². The van der Waals surface area contributed by atoms with Crippen molar-refractivity contribution in [1.29, 1.82) is 0 Å². The number of aromatic nitrogens is 3. The molecule has 7 aromatic rings. The Morgan fingerprint density at radius 1 is 1.00 bits per heavy atom. The van der Waals surface area contributed by atoms with Crippen molar-refractivity contribution in [3.63, 3.8) is 0 Å². The Kier molecular flexibility index (Phi) is 6.08. The fraction of sp³-hybridized carbons (Fsp3) is 0.182. The zero-order chi connectivity index (χ0) is 29.0. The lowest BCUT2D eigenvalue weighted by molar-refractivity contribution is -0.127. The van der Waals surface area contributed by atoms with Crippen LogP contribution in [0, 0.1) is 0 Å². The summed E-state index contributed by atoms with van der Waals surface area (Å²) in [5.74, 6) is 1.17. The lowest BCUT2D eigenvalue weighted by Gasteiger charge is -2.15. The summed E-state index contributed by atoms with van der Waals surface area (Å²) in [6.07, 6.45) is 3.71. The number of para-hydroxylation sites is 1. The molecule has 0 saturated carbocycles. The predicted molar refractivity (Wildman–Crippen MR) is 163 cm³/mol. The van der Waals surface area contributed by atoms with Crippen LogP contribution in [0.2, 0.25) is 0 Å². The third kappa shape index (κ3) is 3.88. The van der Waals surface area contributed by atoms with Gasteiger partial charge in [0.25, 0.3) is 11.5 Å². The van der Waals surface area contributed by atoms with E-state index in [-0.39, 0.29) is 11.5 Å². The van der Waals surface area contributed by atoms with Crippen LogP contribution in [0.25, 0.3) is 49.0 Å². The molecular weight excluding hydrogens is 532 g/mol. The lowest BCUT2D eigenvalue weighted by atomic mass is 10.1. The third-order valence-electron chi connectivity index (χ3n) is 7.92. The number of fused-ring (bicyclic) bond motifs is 6. The topological polar surface area (TPSA) is 107 Å². The predicted octanol–water partition coefficient (Wildman–Crippen LogP) is 5.22. The number of H-pyrrole nitrogens is 1. The number of aromatic amines is 1. The van der Waals surface area contributed by atoms with Gasteiger partial charge in [0, 0.05) is 46.0 Å². The van der Waals surface area contributed by atoms with Crippen molar-refractivity contribution in [2.75, 3.05) is 20.8 Å². The highest BCUT2D eigenvalue weighted by atomic mass is 16.5. The van der Waals surface area contributed by atoms with Gasteiger partial charge in [-0.1, -0.05) is 18.2 Å². The highest BCUT2D eigenvalue weighted by Gasteiger charge is 2.23. The number of pyridine rings is 2. The third-order valence-corrected chi connectivity index (χ3v) is 7.92. The highest BCUT2D eigenvalue weighted by Crippen LogP contribution is 2.39. The van der Waals surface area contributed by atoms with E-state index in [1.165, 1.54) is 7.11 Å². The monoisotopic (exact) mass is 560 g/mol. The quantitative estimate of drug-likeness (QED) is 0.247. The molecule has 0 fully saturated rings. The second kappa shape index (κ2) is 9.95. The van der Waals surface area contributed by atoms with Crippen LogP contribution in [-0.2, 0) is 11.2 Å². The maximum Gasteiger partial charge on any atom is 0.267 e. The molecule has 4 aromatic heterocycles. The fourth-order valence-corrected chi connectivity index (χ4v) is 5.93. The first kappa shape index (κ1) is 25.6. The second-order valence-electron chi connectivity index (χ2n) is 10.3. The largest absolute Gasteiger partial charge is 0.493 e. The van der Waals surface area contributed by atoms with E-state index in [4.69, 9.17) is 14.2 Å². The Balaban J connectivity index is 1.20. The van der Waals surface area contributed by atoms with Crippen LogP contribution in [0.3, 0.4) is 0 Å². The fourth-order valence-electron chi connectivity index (χ4n) is 5.93. The first-order chi connectivity index (χ1) is 20.5. The molecule has 7 rings (SSSR count). The summed E-state index contributed by atoms with van der Waals surface area (Å²) < 4.78 is 18.8. The Morgan fingerprint density at radius 3 is 2.69 bits per heavy atom. The number of amides is 1. The number of ether oxygens (including phenoxy) is 3. The zero-order valence-electron chi connectivity index (χ0n) is 23.4. The molecule has 1 amide bonds. The van der Waals surface area contributed by atoms with Crippen LogP contribution in [0.15, 0.2) is 77.9 Å². The Labute approximate surface area is 240 Å². The van der Waals surface area contributed by atoms with Gasteiger partial charge < -0.3 is 24.5 Å². The van der Waals surface area contributed by atoms with Crippen LogP contribution >= 0.6 is 0 Å². The molecule has 9 heteroatoms. The number of nitrogens with zero attached hydrogens (tertiary/aromatic N) is 2. The smallest absolute Gasteiger partial charge is 0.267 e. The van der Waals surface area contributed by atoms with E-state index in [2.05, 4.69) is 21.4 Å². The first-order valence-corrected chi connectivity index (χ1v) is 13.7. The zero-order valence-corrected chi connectivity index (χ0v) is 23.4. The average Bonchev–Trinajstić information content (AvgIpc) is 3.58. The van der Waals surface area contributed by atoms with E-state index in [9.17, 15) is 9.59 Å². The highest BCUT2D eigenvalue weighted by molar-refractivity contribution is 6.19. The molecule has 0 spiro atoms. The summed E-state index contributed by atoms with van der Waals surface area (Å²) in [7, 11) is 3.06. The Hall–Kier alpha value is -5.31. The molecule has 0 radical (unpaired) electrons. The molecule has 0 bridgehead atoms. The number of carbonyl (C=O) groups is 1. The minimum Gasteiger partial charge on any atom is -0.493 e.